The summed E-state index contributed by atoms with van der Waals surface area (Å²) in [4.78, 5) is 13.5. The smallest absolute Gasteiger partial charge is 0.224 e. The van der Waals surface area contributed by atoms with Crippen LogP contribution in [0.2, 0.25) is 0 Å². The van der Waals surface area contributed by atoms with E-state index < -0.39 is 9.84 Å². The number of carbonyl (C=O) groups is 1. The molecule has 0 aromatic carbocycles. The minimum atomic E-state index is -2.96. The zero-order valence-electron chi connectivity index (χ0n) is 9.85. The van der Waals surface area contributed by atoms with Crippen LogP contribution in [0.4, 0.5) is 0 Å². The van der Waals surface area contributed by atoms with Crippen molar-refractivity contribution >= 4 is 15.7 Å². The van der Waals surface area contributed by atoms with Gasteiger partial charge < -0.3 is 10.6 Å². The SMILES string of the molecule is CCC(N)CC(=O)N1CCS(=O)(=O)CC1C. The highest BCUT2D eigenvalue weighted by atomic mass is 32.2. The average molecular weight is 248 g/mol. The topological polar surface area (TPSA) is 80.5 Å². The normalized spacial score (nSPS) is 26.4. The van der Waals surface area contributed by atoms with Gasteiger partial charge in [0.15, 0.2) is 9.84 Å². The van der Waals surface area contributed by atoms with Crippen LogP contribution in [0.5, 0.6) is 0 Å². The van der Waals surface area contributed by atoms with Gasteiger partial charge in [-0.05, 0) is 13.3 Å². The van der Waals surface area contributed by atoms with Crippen LogP contribution < -0.4 is 5.73 Å². The highest BCUT2D eigenvalue weighted by Crippen LogP contribution is 2.13. The third-order valence-electron chi connectivity index (χ3n) is 2.95. The van der Waals surface area contributed by atoms with Gasteiger partial charge >= 0.3 is 0 Å². The number of amides is 1. The molecule has 6 heteroatoms. The van der Waals surface area contributed by atoms with E-state index in [1.165, 1.54) is 0 Å². The summed E-state index contributed by atoms with van der Waals surface area (Å²) in [6, 6.07) is -0.353. The molecule has 0 aliphatic carbocycles. The molecule has 0 radical (unpaired) electrons. The van der Waals surface area contributed by atoms with Crippen molar-refractivity contribution in [1.82, 2.24) is 4.90 Å². The number of hydrogen-bond donors (Lipinski definition) is 1. The van der Waals surface area contributed by atoms with Crippen molar-refractivity contribution < 1.29 is 13.2 Å². The van der Waals surface area contributed by atoms with E-state index in [-0.39, 0.29) is 29.5 Å². The van der Waals surface area contributed by atoms with Crippen LogP contribution in [0.25, 0.3) is 0 Å². The third-order valence-corrected chi connectivity index (χ3v) is 4.75. The van der Waals surface area contributed by atoms with Gasteiger partial charge in [0.1, 0.15) is 0 Å². The van der Waals surface area contributed by atoms with Crippen LogP contribution in [0, 0.1) is 0 Å². The Bertz CT molecular complexity index is 353. The zero-order valence-corrected chi connectivity index (χ0v) is 10.7. The second-order valence-corrected chi connectivity index (χ2v) is 6.65. The number of rotatable bonds is 3. The number of nitrogens with zero attached hydrogens (tertiary/aromatic N) is 1. The Balaban J connectivity index is 2.59. The standard InChI is InChI=1S/C10H20N2O3S/c1-3-9(11)6-10(13)12-4-5-16(14,15)7-8(12)2/h8-9H,3-7,11H2,1-2H3. The Labute approximate surface area is 96.9 Å². The van der Waals surface area contributed by atoms with Gasteiger partial charge in [0, 0.05) is 25.0 Å². The van der Waals surface area contributed by atoms with Gasteiger partial charge in [-0.3, -0.25) is 4.79 Å². The number of sulfone groups is 1. The van der Waals surface area contributed by atoms with Gasteiger partial charge in [0.2, 0.25) is 5.91 Å². The lowest BCUT2D eigenvalue weighted by molar-refractivity contribution is -0.133. The van der Waals surface area contributed by atoms with E-state index in [1.54, 1.807) is 11.8 Å². The molecule has 2 atom stereocenters. The molecule has 0 aromatic heterocycles. The maximum absolute atomic E-state index is 11.8. The molecular weight excluding hydrogens is 228 g/mol. The molecule has 2 unspecified atom stereocenters. The van der Waals surface area contributed by atoms with E-state index in [0.29, 0.717) is 13.0 Å². The van der Waals surface area contributed by atoms with Gasteiger partial charge in [-0.1, -0.05) is 6.92 Å². The van der Waals surface area contributed by atoms with Gasteiger partial charge in [-0.15, -0.1) is 0 Å². The maximum atomic E-state index is 11.8. The molecule has 2 N–H and O–H groups in total. The van der Waals surface area contributed by atoms with Crippen molar-refractivity contribution in [2.75, 3.05) is 18.1 Å². The lowest BCUT2D eigenvalue weighted by Gasteiger charge is -2.33. The summed E-state index contributed by atoms with van der Waals surface area (Å²) in [6.45, 7) is 4.01. The van der Waals surface area contributed by atoms with Gasteiger partial charge in [-0.2, -0.15) is 0 Å². The van der Waals surface area contributed by atoms with Crippen LogP contribution in [0.15, 0.2) is 0 Å². The van der Waals surface area contributed by atoms with Gasteiger partial charge in [0.25, 0.3) is 0 Å². The molecule has 5 nitrogen and oxygen atoms in total. The van der Waals surface area contributed by atoms with E-state index in [0.717, 1.165) is 6.42 Å². The summed E-state index contributed by atoms with van der Waals surface area (Å²) in [7, 11) is -2.96. The molecule has 16 heavy (non-hydrogen) atoms. The zero-order chi connectivity index (χ0) is 12.3. The fourth-order valence-electron chi connectivity index (χ4n) is 1.86. The Hall–Kier alpha value is -0.620. The Morgan fingerprint density at radius 3 is 2.69 bits per heavy atom. The molecule has 0 saturated carbocycles. The quantitative estimate of drug-likeness (QED) is 0.747. The average Bonchev–Trinajstić information content (AvgIpc) is 2.15. The fourth-order valence-corrected chi connectivity index (χ4v) is 3.41. The summed E-state index contributed by atoms with van der Waals surface area (Å²) in [6.07, 6.45) is 1.06. The summed E-state index contributed by atoms with van der Waals surface area (Å²) in [5.74, 6) is 0.113. The molecule has 1 aliphatic rings. The first kappa shape index (κ1) is 13.4. The van der Waals surface area contributed by atoms with Crippen molar-refractivity contribution in [3.05, 3.63) is 0 Å². The lowest BCUT2D eigenvalue weighted by atomic mass is 10.1. The van der Waals surface area contributed by atoms with E-state index in [9.17, 15) is 13.2 Å². The fraction of sp³-hybridized carbons (Fsp3) is 0.900. The van der Waals surface area contributed by atoms with Crippen molar-refractivity contribution in [2.45, 2.75) is 38.8 Å². The Kier molecular flexibility index (Phi) is 4.32. The molecule has 1 fully saturated rings. The Morgan fingerprint density at radius 1 is 1.56 bits per heavy atom. The third kappa shape index (κ3) is 3.45. The summed E-state index contributed by atoms with van der Waals surface area (Å²) in [5.41, 5.74) is 5.71. The van der Waals surface area contributed by atoms with E-state index in [1.807, 2.05) is 6.92 Å². The van der Waals surface area contributed by atoms with Gasteiger partial charge in [0.05, 0.1) is 11.5 Å². The molecule has 1 aliphatic heterocycles. The lowest BCUT2D eigenvalue weighted by Crippen LogP contribution is -2.50. The molecule has 1 heterocycles. The van der Waals surface area contributed by atoms with Gasteiger partial charge in [-0.25, -0.2) is 8.42 Å². The first-order valence-corrected chi connectivity index (χ1v) is 7.43. The number of nitrogens with two attached hydrogens (primary N) is 1. The van der Waals surface area contributed by atoms with Crippen molar-refractivity contribution in [3.8, 4) is 0 Å². The maximum Gasteiger partial charge on any atom is 0.224 e. The molecule has 0 aromatic rings. The highest BCUT2D eigenvalue weighted by Gasteiger charge is 2.31. The molecule has 94 valence electrons. The predicted octanol–water partition coefficient (Wildman–Crippen LogP) is -0.241. The molecule has 1 amide bonds. The number of carbonyl (C=O) groups excluding carboxylic acids is 1. The summed E-state index contributed by atoms with van der Waals surface area (Å²) < 4.78 is 22.7. The highest BCUT2D eigenvalue weighted by molar-refractivity contribution is 7.91. The van der Waals surface area contributed by atoms with Crippen LogP contribution in [0.3, 0.4) is 0 Å². The van der Waals surface area contributed by atoms with E-state index >= 15 is 0 Å². The molecular formula is C10H20N2O3S. The van der Waals surface area contributed by atoms with Crippen LogP contribution in [0.1, 0.15) is 26.7 Å². The minimum Gasteiger partial charge on any atom is -0.338 e. The van der Waals surface area contributed by atoms with Crippen molar-refractivity contribution in [3.63, 3.8) is 0 Å². The summed E-state index contributed by atoms with van der Waals surface area (Å²) >= 11 is 0. The van der Waals surface area contributed by atoms with Crippen LogP contribution >= 0.6 is 0 Å². The second kappa shape index (κ2) is 5.14. The molecule has 0 bridgehead atoms. The molecule has 0 spiro atoms. The molecule has 1 saturated heterocycles. The Morgan fingerprint density at radius 2 is 2.19 bits per heavy atom. The molecule has 1 rings (SSSR count). The minimum absolute atomic E-state index is 0.0308. The van der Waals surface area contributed by atoms with E-state index in [2.05, 4.69) is 0 Å². The van der Waals surface area contributed by atoms with Crippen LogP contribution in [-0.4, -0.2) is 49.4 Å². The second-order valence-electron chi connectivity index (χ2n) is 4.42. The van der Waals surface area contributed by atoms with Crippen molar-refractivity contribution in [1.29, 1.82) is 0 Å². The first-order valence-electron chi connectivity index (χ1n) is 5.61. The summed E-state index contributed by atoms with van der Waals surface area (Å²) in [5, 5.41) is 0. The largest absolute Gasteiger partial charge is 0.338 e. The monoisotopic (exact) mass is 248 g/mol. The number of hydrogen-bond acceptors (Lipinski definition) is 4. The van der Waals surface area contributed by atoms with Crippen LogP contribution in [-0.2, 0) is 14.6 Å². The first-order chi connectivity index (χ1) is 7.35. The van der Waals surface area contributed by atoms with E-state index in [4.69, 9.17) is 5.73 Å². The predicted molar refractivity (Wildman–Crippen MR) is 62.7 cm³/mol. The van der Waals surface area contributed by atoms with Crippen molar-refractivity contribution in [2.24, 2.45) is 5.73 Å².